The number of hydrogen-bond acceptors (Lipinski definition) is 5. The monoisotopic (exact) mass is 269 g/mol. The highest BCUT2D eigenvalue weighted by Crippen LogP contribution is 2.17. The number of nitrogens with zero attached hydrogens (tertiary/aromatic N) is 1. The maximum absolute atomic E-state index is 11.8. The molecule has 1 rings (SSSR count). The second-order valence-electron chi connectivity index (χ2n) is 5.06. The zero-order valence-corrected chi connectivity index (χ0v) is 12.4. The van der Waals surface area contributed by atoms with Gasteiger partial charge in [0, 0.05) is 0 Å². The lowest BCUT2D eigenvalue weighted by atomic mass is 10.1. The van der Waals surface area contributed by atoms with E-state index in [0.717, 1.165) is 0 Å². The maximum Gasteiger partial charge on any atom is 0.376 e. The first-order valence-electron chi connectivity index (χ1n) is 6.71. The van der Waals surface area contributed by atoms with Crippen molar-refractivity contribution in [1.29, 1.82) is 0 Å². The minimum Gasteiger partial charge on any atom is -0.460 e. The predicted molar refractivity (Wildman–Crippen MR) is 70.9 cm³/mol. The lowest BCUT2D eigenvalue weighted by Crippen LogP contribution is -2.08. The molecule has 19 heavy (non-hydrogen) atoms. The van der Waals surface area contributed by atoms with E-state index in [9.17, 15) is 4.79 Å². The van der Waals surface area contributed by atoms with Crippen LogP contribution in [0.15, 0.2) is 4.42 Å². The SMILES string of the molecule is CCOC(=O)c1oc(COC(C)C)nc1CC(C)C. The Hall–Kier alpha value is -1.36. The molecule has 0 unspecified atom stereocenters. The first kappa shape index (κ1) is 15.7. The molecule has 0 aliphatic carbocycles. The molecule has 0 saturated carbocycles. The first-order chi connectivity index (χ1) is 8.93. The van der Waals surface area contributed by atoms with E-state index in [1.807, 2.05) is 13.8 Å². The van der Waals surface area contributed by atoms with Crippen molar-refractivity contribution in [2.45, 2.75) is 53.8 Å². The third kappa shape index (κ3) is 5.03. The summed E-state index contributed by atoms with van der Waals surface area (Å²) in [5.41, 5.74) is 0.649. The molecule has 0 aliphatic heterocycles. The summed E-state index contributed by atoms with van der Waals surface area (Å²) in [5, 5.41) is 0. The lowest BCUT2D eigenvalue weighted by molar-refractivity contribution is 0.0429. The van der Waals surface area contributed by atoms with Crippen LogP contribution in [0.3, 0.4) is 0 Å². The van der Waals surface area contributed by atoms with Gasteiger partial charge in [-0.05, 0) is 33.1 Å². The van der Waals surface area contributed by atoms with Crippen LogP contribution in [-0.2, 0) is 22.5 Å². The highest BCUT2D eigenvalue weighted by Gasteiger charge is 2.22. The number of aromatic nitrogens is 1. The summed E-state index contributed by atoms with van der Waals surface area (Å²) in [6.07, 6.45) is 0.769. The first-order valence-corrected chi connectivity index (χ1v) is 6.71. The fourth-order valence-electron chi connectivity index (χ4n) is 1.58. The number of rotatable bonds is 7. The minimum atomic E-state index is -0.457. The van der Waals surface area contributed by atoms with Gasteiger partial charge in [0.15, 0.2) is 0 Å². The second kappa shape index (κ2) is 7.28. The van der Waals surface area contributed by atoms with Crippen molar-refractivity contribution in [3.8, 4) is 0 Å². The summed E-state index contributed by atoms with van der Waals surface area (Å²) in [4.78, 5) is 16.1. The van der Waals surface area contributed by atoms with Crippen LogP contribution in [0.25, 0.3) is 0 Å². The maximum atomic E-state index is 11.8. The predicted octanol–water partition coefficient (Wildman–Crippen LogP) is 2.97. The zero-order valence-electron chi connectivity index (χ0n) is 12.4. The minimum absolute atomic E-state index is 0.0893. The van der Waals surface area contributed by atoms with Crippen molar-refractivity contribution in [2.75, 3.05) is 6.61 Å². The van der Waals surface area contributed by atoms with E-state index in [4.69, 9.17) is 13.9 Å². The van der Waals surface area contributed by atoms with E-state index in [0.29, 0.717) is 30.5 Å². The molecule has 0 atom stereocenters. The van der Waals surface area contributed by atoms with Crippen molar-refractivity contribution in [3.63, 3.8) is 0 Å². The van der Waals surface area contributed by atoms with Crippen LogP contribution >= 0.6 is 0 Å². The third-order valence-electron chi connectivity index (χ3n) is 2.34. The average Bonchev–Trinajstić information content (AvgIpc) is 2.69. The van der Waals surface area contributed by atoms with Gasteiger partial charge in [-0.3, -0.25) is 0 Å². The van der Waals surface area contributed by atoms with Crippen molar-refractivity contribution < 1.29 is 18.7 Å². The molecule has 0 aromatic carbocycles. The van der Waals surface area contributed by atoms with Crippen LogP contribution in [-0.4, -0.2) is 23.7 Å². The number of carbonyl (C=O) groups excluding carboxylic acids is 1. The van der Waals surface area contributed by atoms with E-state index in [-0.39, 0.29) is 18.5 Å². The molecule has 108 valence electrons. The molecule has 1 aromatic heterocycles. The molecule has 0 aliphatic rings. The summed E-state index contributed by atoms with van der Waals surface area (Å²) in [6, 6.07) is 0. The molecule has 0 spiro atoms. The Kier molecular flexibility index (Phi) is 6.02. The van der Waals surface area contributed by atoms with Crippen molar-refractivity contribution in [2.24, 2.45) is 5.92 Å². The summed E-state index contributed by atoms with van der Waals surface area (Å²) in [6.45, 7) is 10.3. The summed E-state index contributed by atoms with van der Waals surface area (Å²) in [5.74, 6) is 0.559. The third-order valence-corrected chi connectivity index (χ3v) is 2.34. The van der Waals surface area contributed by atoms with Crippen molar-refractivity contribution in [1.82, 2.24) is 4.98 Å². The Labute approximate surface area is 114 Å². The molecule has 1 heterocycles. The van der Waals surface area contributed by atoms with Gasteiger partial charge in [-0.15, -0.1) is 0 Å². The van der Waals surface area contributed by atoms with E-state index < -0.39 is 5.97 Å². The molecule has 0 fully saturated rings. The fourth-order valence-corrected chi connectivity index (χ4v) is 1.58. The standard InChI is InChI=1S/C14H23NO4/c1-6-17-14(16)13-11(7-9(2)3)15-12(19-13)8-18-10(4)5/h9-10H,6-8H2,1-5H3. The molecule has 0 bridgehead atoms. The Morgan fingerprint density at radius 1 is 1.32 bits per heavy atom. The van der Waals surface area contributed by atoms with Gasteiger partial charge in [0.25, 0.3) is 0 Å². The van der Waals surface area contributed by atoms with Crippen LogP contribution in [0.4, 0.5) is 0 Å². The normalized spacial score (nSPS) is 11.3. The van der Waals surface area contributed by atoms with Crippen LogP contribution < -0.4 is 0 Å². The average molecular weight is 269 g/mol. The Bertz CT molecular complexity index is 410. The van der Waals surface area contributed by atoms with Gasteiger partial charge < -0.3 is 13.9 Å². The Balaban J connectivity index is 2.88. The molecule has 5 heteroatoms. The van der Waals surface area contributed by atoms with E-state index in [2.05, 4.69) is 18.8 Å². The number of oxazole rings is 1. The molecule has 0 radical (unpaired) electrons. The quantitative estimate of drug-likeness (QED) is 0.712. The van der Waals surface area contributed by atoms with Crippen LogP contribution in [0.2, 0.25) is 0 Å². The Morgan fingerprint density at radius 3 is 2.53 bits per heavy atom. The zero-order chi connectivity index (χ0) is 14.4. The topological polar surface area (TPSA) is 61.6 Å². The summed E-state index contributed by atoms with van der Waals surface area (Å²) in [7, 11) is 0. The smallest absolute Gasteiger partial charge is 0.376 e. The molecule has 0 N–H and O–H groups in total. The van der Waals surface area contributed by atoms with E-state index in [1.54, 1.807) is 6.92 Å². The van der Waals surface area contributed by atoms with Crippen molar-refractivity contribution in [3.05, 3.63) is 17.3 Å². The second-order valence-corrected chi connectivity index (χ2v) is 5.06. The van der Waals surface area contributed by atoms with Crippen LogP contribution in [0.1, 0.15) is 56.8 Å². The summed E-state index contributed by atoms with van der Waals surface area (Å²) >= 11 is 0. The molecular formula is C14H23NO4. The van der Waals surface area contributed by atoms with Gasteiger partial charge in [0.1, 0.15) is 6.61 Å². The molecule has 0 saturated heterocycles. The van der Waals surface area contributed by atoms with Crippen molar-refractivity contribution >= 4 is 5.97 Å². The summed E-state index contributed by atoms with van der Waals surface area (Å²) < 4.78 is 15.9. The fraction of sp³-hybridized carbons (Fsp3) is 0.714. The Morgan fingerprint density at radius 2 is 2.00 bits per heavy atom. The van der Waals surface area contributed by atoms with Gasteiger partial charge in [0.2, 0.25) is 11.7 Å². The van der Waals surface area contributed by atoms with Gasteiger partial charge in [-0.25, -0.2) is 9.78 Å². The van der Waals surface area contributed by atoms with Gasteiger partial charge in [-0.2, -0.15) is 0 Å². The molecule has 0 amide bonds. The lowest BCUT2D eigenvalue weighted by Gasteiger charge is -2.03. The van der Waals surface area contributed by atoms with Gasteiger partial charge >= 0.3 is 5.97 Å². The van der Waals surface area contributed by atoms with Crippen LogP contribution in [0.5, 0.6) is 0 Å². The molecule has 5 nitrogen and oxygen atoms in total. The number of ether oxygens (including phenoxy) is 2. The van der Waals surface area contributed by atoms with E-state index >= 15 is 0 Å². The van der Waals surface area contributed by atoms with E-state index in [1.165, 1.54) is 0 Å². The highest BCUT2D eigenvalue weighted by atomic mass is 16.5. The largest absolute Gasteiger partial charge is 0.460 e. The number of esters is 1. The van der Waals surface area contributed by atoms with Gasteiger partial charge in [-0.1, -0.05) is 13.8 Å². The number of carbonyl (C=O) groups is 1. The highest BCUT2D eigenvalue weighted by molar-refractivity contribution is 5.87. The molecular weight excluding hydrogens is 246 g/mol. The molecule has 1 aromatic rings. The number of hydrogen-bond donors (Lipinski definition) is 0. The van der Waals surface area contributed by atoms with Gasteiger partial charge in [0.05, 0.1) is 18.4 Å². The van der Waals surface area contributed by atoms with Crippen LogP contribution in [0, 0.1) is 5.92 Å².